The molecule has 104 valence electrons. The molecule has 0 saturated carbocycles. The second-order valence-corrected chi connectivity index (χ2v) is 4.59. The van der Waals surface area contributed by atoms with Crippen molar-refractivity contribution in [2.45, 2.75) is 13.8 Å². The molecule has 1 rings (SSSR count). The van der Waals surface area contributed by atoms with Gasteiger partial charge in [0.15, 0.2) is 11.5 Å². The molecule has 1 amide bonds. The van der Waals surface area contributed by atoms with E-state index in [0.717, 1.165) is 5.56 Å². The van der Waals surface area contributed by atoms with Gasteiger partial charge in [-0.15, -0.1) is 0 Å². The minimum Gasteiger partial charge on any atom is -0.493 e. The quantitative estimate of drug-likeness (QED) is 0.802. The number of nitrogens with one attached hydrogen (secondary N) is 1. The first-order valence-electron chi connectivity index (χ1n) is 6.24. The molecule has 0 heterocycles. The molecule has 1 N–H and O–H groups in total. The van der Waals surface area contributed by atoms with Gasteiger partial charge in [0.1, 0.15) is 0 Å². The van der Waals surface area contributed by atoms with Crippen molar-refractivity contribution >= 4 is 12.0 Å². The predicted molar refractivity (Wildman–Crippen MR) is 76.4 cm³/mol. The van der Waals surface area contributed by atoms with E-state index in [1.807, 2.05) is 18.2 Å². The second-order valence-electron chi connectivity index (χ2n) is 4.59. The molecule has 0 aliphatic rings. The number of carbonyl (C=O) groups excluding carboxylic acids is 1. The summed E-state index contributed by atoms with van der Waals surface area (Å²) in [4.78, 5) is 11.5. The number of ether oxygens (including phenoxy) is 2. The topological polar surface area (TPSA) is 47.6 Å². The maximum Gasteiger partial charge on any atom is 0.244 e. The molecule has 0 bridgehead atoms. The molecule has 0 atom stereocenters. The Balaban J connectivity index is 2.68. The van der Waals surface area contributed by atoms with Crippen LogP contribution in [0.25, 0.3) is 6.08 Å². The number of hydrogen-bond donors (Lipinski definition) is 1. The molecule has 0 aliphatic carbocycles. The third-order valence-corrected chi connectivity index (χ3v) is 2.52. The lowest BCUT2D eigenvalue weighted by atomic mass is 10.2. The van der Waals surface area contributed by atoms with Crippen molar-refractivity contribution in [3.8, 4) is 11.5 Å². The van der Waals surface area contributed by atoms with Crippen LogP contribution >= 0.6 is 0 Å². The van der Waals surface area contributed by atoms with Crippen LogP contribution in [0.5, 0.6) is 11.5 Å². The third-order valence-electron chi connectivity index (χ3n) is 2.52. The molecule has 19 heavy (non-hydrogen) atoms. The van der Waals surface area contributed by atoms with E-state index in [-0.39, 0.29) is 5.91 Å². The smallest absolute Gasteiger partial charge is 0.244 e. The molecule has 0 radical (unpaired) electrons. The van der Waals surface area contributed by atoms with Gasteiger partial charge in [-0.2, -0.15) is 0 Å². The summed E-state index contributed by atoms with van der Waals surface area (Å²) in [5, 5.41) is 2.82. The van der Waals surface area contributed by atoms with E-state index >= 15 is 0 Å². The Morgan fingerprint density at radius 3 is 2.53 bits per heavy atom. The number of benzene rings is 1. The minimum atomic E-state index is -0.0940. The highest BCUT2D eigenvalue weighted by atomic mass is 16.5. The summed E-state index contributed by atoms with van der Waals surface area (Å²) in [5.41, 5.74) is 0.886. The largest absolute Gasteiger partial charge is 0.493 e. The fourth-order valence-electron chi connectivity index (χ4n) is 1.49. The summed E-state index contributed by atoms with van der Waals surface area (Å²) >= 11 is 0. The molecular weight excluding hydrogens is 242 g/mol. The van der Waals surface area contributed by atoms with Crippen molar-refractivity contribution in [3.63, 3.8) is 0 Å². The molecule has 4 heteroatoms. The first-order chi connectivity index (χ1) is 9.06. The van der Waals surface area contributed by atoms with Crippen LogP contribution < -0.4 is 14.8 Å². The summed E-state index contributed by atoms with van der Waals surface area (Å²) in [6.45, 7) is 4.78. The van der Waals surface area contributed by atoms with Crippen LogP contribution in [-0.4, -0.2) is 26.7 Å². The van der Waals surface area contributed by atoms with Gasteiger partial charge in [0, 0.05) is 12.6 Å². The zero-order chi connectivity index (χ0) is 14.3. The zero-order valence-electron chi connectivity index (χ0n) is 11.9. The first kappa shape index (κ1) is 15.1. The molecule has 0 unspecified atom stereocenters. The number of carbonyl (C=O) groups is 1. The van der Waals surface area contributed by atoms with E-state index < -0.39 is 0 Å². The van der Waals surface area contributed by atoms with Crippen LogP contribution in [0, 0.1) is 5.92 Å². The monoisotopic (exact) mass is 263 g/mol. The van der Waals surface area contributed by atoms with Gasteiger partial charge in [0.05, 0.1) is 14.2 Å². The average Bonchev–Trinajstić information content (AvgIpc) is 2.42. The molecule has 0 aliphatic heterocycles. The van der Waals surface area contributed by atoms with E-state index in [9.17, 15) is 4.79 Å². The summed E-state index contributed by atoms with van der Waals surface area (Å²) < 4.78 is 10.4. The molecule has 4 nitrogen and oxygen atoms in total. The molecule has 1 aromatic carbocycles. The predicted octanol–water partition coefficient (Wildman–Crippen LogP) is 2.49. The molecule has 0 spiro atoms. The van der Waals surface area contributed by atoms with Gasteiger partial charge in [-0.05, 0) is 29.7 Å². The van der Waals surface area contributed by atoms with Crippen LogP contribution in [0.1, 0.15) is 19.4 Å². The molecule has 0 saturated heterocycles. The van der Waals surface area contributed by atoms with E-state index in [1.54, 1.807) is 20.3 Å². The number of methoxy groups -OCH3 is 2. The summed E-state index contributed by atoms with van der Waals surface area (Å²) in [6, 6.07) is 5.50. The van der Waals surface area contributed by atoms with Crippen LogP contribution in [-0.2, 0) is 4.79 Å². The SMILES string of the molecule is COc1ccc(/C=C\C(=O)NCC(C)C)cc1OC. The highest BCUT2D eigenvalue weighted by molar-refractivity contribution is 5.91. The van der Waals surface area contributed by atoms with Crippen LogP contribution in [0.4, 0.5) is 0 Å². The fraction of sp³-hybridized carbons (Fsp3) is 0.400. The summed E-state index contributed by atoms with van der Waals surface area (Å²) in [5.74, 6) is 1.66. The van der Waals surface area contributed by atoms with Crippen LogP contribution in [0.2, 0.25) is 0 Å². The average molecular weight is 263 g/mol. The fourth-order valence-corrected chi connectivity index (χ4v) is 1.49. The third kappa shape index (κ3) is 5.04. The van der Waals surface area contributed by atoms with E-state index in [1.165, 1.54) is 6.08 Å². The Morgan fingerprint density at radius 1 is 1.26 bits per heavy atom. The van der Waals surface area contributed by atoms with Crippen molar-refractivity contribution in [1.82, 2.24) is 5.32 Å². The highest BCUT2D eigenvalue weighted by Crippen LogP contribution is 2.27. The highest BCUT2D eigenvalue weighted by Gasteiger charge is 2.03. The Hall–Kier alpha value is -1.97. The van der Waals surface area contributed by atoms with Crippen molar-refractivity contribution in [2.75, 3.05) is 20.8 Å². The maximum absolute atomic E-state index is 11.5. The van der Waals surface area contributed by atoms with E-state index in [2.05, 4.69) is 19.2 Å². The normalized spacial score (nSPS) is 10.8. The zero-order valence-corrected chi connectivity index (χ0v) is 11.9. The number of rotatable bonds is 6. The van der Waals surface area contributed by atoms with Crippen LogP contribution in [0.15, 0.2) is 24.3 Å². The lowest BCUT2D eigenvalue weighted by Gasteiger charge is -2.07. The maximum atomic E-state index is 11.5. The van der Waals surface area contributed by atoms with E-state index in [4.69, 9.17) is 9.47 Å². The van der Waals surface area contributed by atoms with Gasteiger partial charge in [0.25, 0.3) is 0 Å². The van der Waals surface area contributed by atoms with Gasteiger partial charge in [0.2, 0.25) is 5.91 Å². The van der Waals surface area contributed by atoms with Crippen molar-refractivity contribution in [2.24, 2.45) is 5.92 Å². The summed E-state index contributed by atoms with van der Waals surface area (Å²) in [7, 11) is 3.17. The lowest BCUT2D eigenvalue weighted by molar-refractivity contribution is -0.116. The lowest BCUT2D eigenvalue weighted by Crippen LogP contribution is -2.25. The minimum absolute atomic E-state index is 0.0940. The standard InChI is InChI=1S/C15H21NO3/c1-11(2)10-16-15(17)8-6-12-5-7-13(18-3)14(9-12)19-4/h5-9,11H,10H2,1-4H3,(H,16,17)/b8-6-. The molecule has 1 aromatic rings. The van der Waals surface area contributed by atoms with E-state index in [0.29, 0.717) is 24.0 Å². The van der Waals surface area contributed by atoms with Gasteiger partial charge in [-0.25, -0.2) is 0 Å². The van der Waals surface area contributed by atoms with Crippen LogP contribution in [0.3, 0.4) is 0 Å². The first-order valence-corrected chi connectivity index (χ1v) is 6.24. The number of hydrogen-bond acceptors (Lipinski definition) is 3. The van der Waals surface area contributed by atoms with Crippen molar-refractivity contribution in [1.29, 1.82) is 0 Å². The Morgan fingerprint density at radius 2 is 1.95 bits per heavy atom. The Labute approximate surface area is 114 Å². The van der Waals surface area contributed by atoms with Gasteiger partial charge in [-0.3, -0.25) is 4.79 Å². The Bertz CT molecular complexity index is 453. The van der Waals surface area contributed by atoms with Crippen molar-refractivity contribution in [3.05, 3.63) is 29.8 Å². The Kier molecular flexibility index (Phi) is 5.93. The second kappa shape index (κ2) is 7.46. The molecular formula is C15H21NO3. The molecule has 0 fully saturated rings. The van der Waals surface area contributed by atoms with Crippen molar-refractivity contribution < 1.29 is 14.3 Å². The summed E-state index contributed by atoms with van der Waals surface area (Å²) in [6.07, 6.45) is 3.27. The van der Waals surface area contributed by atoms with Gasteiger partial charge < -0.3 is 14.8 Å². The van der Waals surface area contributed by atoms with Gasteiger partial charge in [-0.1, -0.05) is 19.9 Å². The number of amides is 1. The molecule has 0 aromatic heterocycles. The van der Waals surface area contributed by atoms with Gasteiger partial charge >= 0.3 is 0 Å².